The van der Waals surface area contributed by atoms with Crippen molar-refractivity contribution >= 4 is 11.6 Å². The summed E-state index contributed by atoms with van der Waals surface area (Å²) in [6.07, 6.45) is 12.1. The minimum Gasteiger partial charge on any atom is -0.508 e. The minimum atomic E-state index is -0.187. The highest BCUT2D eigenvalue weighted by Crippen LogP contribution is 2.61. The van der Waals surface area contributed by atoms with Crippen molar-refractivity contribution in [2.75, 3.05) is 5.32 Å². The van der Waals surface area contributed by atoms with E-state index in [-0.39, 0.29) is 17.6 Å². The lowest BCUT2D eigenvalue weighted by Gasteiger charge is -2.55. The lowest BCUT2D eigenvalue weighted by molar-refractivity contribution is -0.00325. The molecule has 4 fully saturated rings. The molecule has 0 radical (unpaired) electrons. The SMILES string of the molecule is C#Cc1ccc(O)c(C2C3CC4CC(C3)CC2C4)c1NC(=O)c1ccccc1. The smallest absolute Gasteiger partial charge is 0.255 e. The van der Waals surface area contributed by atoms with Gasteiger partial charge < -0.3 is 10.4 Å². The van der Waals surface area contributed by atoms with Crippen LogP contribution >= 0.6 is 0 Å². The van der Waals surface area contributed by atoms with Crippen molar-refractivity contribution in [3.63, 3.8) is 0 Å². The molecule has 0 saturated heterocycles. The highest BCUT2D eigenvalue weighted by Gasteiger charge is 2.50. The third-order valence-corrected chi connectivity index (χ3v) is 7.21. The van der Waals surface area contributed by atoms with Crippen LogP contribution in [0.25, 0.3) is 0 Å². The molecule has 0 heterocycles. The van der Waals surface area contributed by atoms with Crippen molar-refractivity contribution in [2.45, 2.75) is 38.0 Å². The van der Waals surface area contributed by atoms with E-state index in [0.717, 1.165) is 17.4 Å². The Labute approximate surface area is 166 Å². The lowest BCUT2D eigenvalue weighted by atomic mass is 9.50. The molecular formula is C25H25NO2. The van der Waals surface area contributed by atoms with E-state index in [4.69, 9.17) is 6.42 Å². The molecule has 4 aliphatic rings. The molecule has 0 unspecified atom stereocenters. The third kappa shape index (κ3) is 2.79. The topological polar surface area (TPSA) is 49.3 Å². The molecule has 2 aromatic rings. The van der Waals surface area contributed by atoms with Crippen molar-refractivity contribution < 1.29 is 9.90 Å². The van der Waals surface area contributed by atoms with Gasteiger partial charge in [0.2, 0.25) is 0 Å². The lowest BCUT2D eigenvalue weighted by Crippen LogP contribution is -2.44. The van der Waals surface area contributed by atoms with Crippen LogP contribution in [0.3, 0.4) is 0 Å². The highest BCUT2D eigenvalue weighted by molar-refractivity contribution is 6.05. The van der Waals surface area contributed by atoms with Gasteiger partial charge in [0.15, 0.2) is 0 Å². The summed E-state index contributed by atoms with van der Waals surface area (Å²) in [7, 11) is 0. The van der Waals surface area contributed by atoms with Gasteiger partial charge in [-0.15, -0.1) is 6.42 Å². The number of nitrogens with one attached hydrogen (secondary N) is 1. The van der Waals surface area contributed by atoms with Crippen LogP contribution in [0.2, 0.25) is 0 Å². The molecule has 0 aromatic heterocycles. The predicted octanol–water partition coefficient (Wildman–Crippen LogP) is 5.17. The van der Waals surface area contributed by atoms with Gasteiger partial charge in [0.05, 0.1) is 5.69 Å². The van der Waals surface area contributed by atoms with Gasteiger partial charge >= 0.3 is 0 Å². The first-order valence-corrected chi connectivity index (χ1v) is 10.3. The van der Waals surface area contributed by atoms with Crippen LogP contribution in [0, 0.1) is 36.0 Å². The number of hydrogen-bond donors (Lipinski definition) is 2. The summed E-state index contributed by atoms with van der Waals surface area (Å²) < 4.78 is 0. The van der Waals surface area contributed by atoms with Crippen molar-refractivity contribution in [1.82, 2.24) is 0 Å². The molecule has 3 heteroatoms. The number of carbonyl (C=O) groups excluding carboxylic acids is 1. The Hall–Kier alpha value is -2.73. The summed E-state index contributed by atoms with van der Waals surface area (Å²) in [5.74, 6) is 5.94. The fourth-order valence-electron chi connectivity index (χ4n) is 6.37. The zero-order valence-corrected chi connectivity index (χ0v) is 15.9. The first-order valence-electron chi connectivity index (χ1n) is 10.3. The number of rotatable bonds is 3. The Morgan fingerprint density at radius 3 is 2.21 bits per heavy atom. The monoisotopic (exact) mass is 371 g/mol. The summed E-state index contributed by atoms with van der Waals surface area (Å²) in [5, 5.41) is 13.9. The fourth-order valence-corrected chi connectivity index (χ4v) is 6.37. The van der Waals surface area contributed by atoms with Gasteiger partial charge in [0.1, 0.15) is 5.75 Å². The molecule has 3 nitrogen and oxygen atoms in total. The molecule has 142 valence electrons. The number of amides is 1. The zero-order chi connectivity index (χ0) is 19.3. The zero-order valence-electron chi connectivity index (χ0n) is 15.9. The summed E-state index contributed by atoms with van der Waals surface area (Å²) >= 11 is 0. The number of phenols is 1. The second-order valence-corrected chi connectivity index (χ2v) is 8.84. The predicted molar refractivity (Wildman–Crippen MR) is 110 cm³/mol. The van der Waals surface area contributed by atoms with Crippen molar-refractivity contribution in [3.8, 4) is 18.1 Å². The molecule has 4 saturated carbocycles. The van der Waals surface area contributed by atoms with Crippen LogP contribution in [0.15, 0.2) is 42.5 Å². The average molecular weight is 371 g/mol. The number of carbonyl (C=O) groups is 1. The fraction of sp³-hybridized carbons (Fsp3) is 0.400. The van der Waals surface area contributed by atoms with E-state index in [1.165, 1.54) is 32.1 Å². The number of benzene rings is 2. The quantitative estimate of drug-likeness (QED) is 0.732. The van der Waals surface area contributed by atoms with E-state index >= 15 is 0 Å². The third-order valence-electron chi connectivity index (χ3n) is 7.21. The van der Waals surface area contributed by atoms with Crippen LogP contribution in [-0.4, -0.2) is 11.0 Å². The molecule has 28 heavy (non-hydrogen) atoms. The normalized spacial score (nSPS) is 30.0. The Bertz CT molecular complexity index is 929. The molecule has 4 aliphatic carbocycles. The van der Waals surface area contributed by atoms with Crippen LogP contribution in [-0.2, 0) is 0 Å². The van der Waals surface area contributed by atoms with Gasteiger partial charge in [-0.05, 0) is 86.0 Å². The maximum atomic E-state index is 12.9. The van der Waals surface area contributed by atoms with Gasteiger partial charge in [-0.25, -0.2) is 0 Å². The summed E-state index contributed by atoms with van der Waals surface area (Å²) in [6, 6.07) is 12.6. The number of terminal acetylenes is 1. The molecular weight excluding hydrogens is 346 g/mol. The Morgan fingerprint density at radius 1 is 0.964 bits per heavy atom. The Balaban J connectivity index is 1.57. The van der Waals surface area contributed by atoms with E-state index in [1.54, 1.807) is 24.3 Å². The van der Waals surface area contributed by atoms with Gasteiger partial charge in [-0.2, -0.15) is 0 Å². The first kappa shape index (κ1) is 17.4. The summed E-state index contributed by atoms with van der Waals surface area (Å²) in [5.41, 5.74) is 2.73. The number of anilines is 1. The maximum Gasteiger partial charge on any atom is 0.255 e. The van der Waals surface area contributed by atoms with E-state index in [0.29, 0.717) is 28.7 Å². The largest absolute Gasteiger partial charge is 0.508 e. The Kier molecular flexibility index (Phi) is 4.16. The molecule has 0 spiro atoms. The highest BCUT2D eigenvalue weighted by atomic mass is 16.3. The van der Waals surface area contributed by atoms with Crippen LogP contribution in [0.5, 0.6) is 5.75 Å². The van der Waals surface area contributed by atoms with E-state index in [1.807, 2.05) is 18.2 Å². The summed E-state index contributed by atoms with van der Waals surface area (Å²) in [4.78, 5) is 12.9. The molecule has 4 bridgehead atoms. The van der Waals surface area contributed by atoms with Gasteiger partial charge in [-0.1, -0.05) is 24.1 Å². The molecule has 2 aromatic carbocycles. The van der Waals surface area contributed by atoms with Crippen LogP contribution < -0.4 is 5.32 Å². The Morgan fingerprint density at radius 2 is 1.61 bits per heavy atom. The van der Waals surface area contributed by atoms with Gasteiger partial charge in [0.25, 0.3) is 5.91 Å². The van der Waals surface area contributed by atoms with Gasteiger partial charge in [-0.3, -0.25) is 4.79 Å². The average Bonchev–Trinajstić information content (AvgIpc) is 2.70. The number of hydrogen-bond acceptors (Lipinski definition) is 2. The van der Waals surface area contributed by atoms with Gasteiger partial charge in [0, 0.05) is 16.7 Å². The van der Waals surface area contributed by atoms with Crippen molar-refractivity contribution in [3.05, 3.63) is 59.2 Å². The van der Waals surface area contributed by atoms with E-state index < -0.39 is 0 Å². The maximum absolute atomic E-state index is 12.9. The second kappa shape index (κ2) is 6.71. The first-order chi connectivity index (χ1) is 13.6. The molecule has 1 amide bonds. The van der Waals surface area contributed by atoms with E-state index in [2.05, 4.69) is 11.2 Å². The molecule has 6 rings (SSSR count). The van der Waals surface area contributed by atoms with Crippen molar-refractivity contribution in [1.29, 1.82) is 0 Å². The molecule has 0 aliphatic heterocycles. The number of aromatic hydroxyl groups is 1. The number of phenolic OH excluding ortho intramolecular Hbond substituents is 1. The molecule has 2 N–H and O–H groups in total. The minimum absolute atomic E-state index is 0.187. The molecule has 0 atom stereocenters. The van der Waals surface area contributed by atoms with Crippen LogP contribution in [0.4, 0.5) is 5.69 Å². The van der Waals surface area contributed by atoms with E-state index in [9.17, 15) is 9.90 Å². The summed E-state index contributed by atoms with van der Waals surface area (Å²) in [6.45, 7) is 0. The standard InChI is InChI=1S/C25H25NO2/c1-2-17-8-9-21(27)23(24(17)26-25(28)18-6-4-3-5-7-18)22-19-11-15-10-16(13-19)14-20(22)12-15/h1,3-9,15-16,19-20,22,27H,10-14H2,(H,26,28). The second-order valence-electron chi connectivity index (χ2n) is 8.84. The van der Waals surface area contributed by atoms with Crippen molar-refractivity contribution in [2.24, 2.45) is 23.7 Å². The van der Waals surface area contributed by atoms with Crippen LogP contribution in [0.1, 0.15) is 59.5 Å².